The molecule has 2 aromatic rings. The maximum atomic E-state index is 11.3. The van der Waals surface area contributed by atoms with Crippen LogP contribution in [0.4, 0.5) is 0 Å². The summed E-state index contributed by atoms with van der Waals surface area (Å²) in [7, 11) is -7.15. The molecule has 0 unspecified atom stereocenters. The Morgan fingerprint density at radius 2 is 1.38 bits per heavy atom. The van der Waals surface area contributed by atoms with Crippen LogP contribution in [0.15, 0.2) is 36.4 Å². The fourth-order valence-corrected chi connectivity index (χ4v) is 3.01. The average Bonchev–Trinajstić information content (AvgIpc) is 2.38. The molecule has 0 saturated heterocycles. The SMILES string of the molecule is O=P(O)(O)c1cc(-c2ccc(O)c(P(O)O)c2)ccc1O. The molecule has 21 heavy (non-hydrogen) atoms. The van der Waals surface area contributed by atoms with E-state index in [0.29, 0.717) is 11.1 Å². The molecule has 0 atom stereocenters. The van der Waals surface area contributed by atoms with Gasteiger partial charge in [-0.25, -0.2) is 0 Å². The third kappa shape index (κ3) is 3.41. The molecule has 0 aliphatic rings. The summed E-state index contributed by atoms with van der Waals surface area (Å²) >= 11 is 0. The molecule has 9 heteroatoms. The molecule has 0 amide bonds. The van der Waals surface area contributed by atoms with Crippen LogP contribution < -0.4 is 10.6 Å². The lowest BCUT2D eigenvalue weighted by molar-refractivity contribution is 0.384. The Bertz CT molecular complexity index is 724. The molecule has 0 aliphatic heterocycles. The van der Waals surface area contributed by atoms with Crippen LogP contribution in [0.5, 0.6) is 11.5 Å². The highest BCUT2D eigenvalue weighted by atomic mass is 31.2. The van der Waals surface area contributed by atoms with E-state index in [0.717, 1.165) is 12.1 Å². The summed E-state index contributed by atoms with van der Waals surface area (Å²) in [4.78, 5) is 36.7. The monoisotopic (exact) mass is 330 g/mol. The van der Waals surface area contributed by atoms with Crippen molar-refractivity contribution in [3.05, 3.63) is 36.4 Å². The Kier molecular flexibility index (Phi) is 4.35. The van der Waals surface area contributed by atoms with Crippen LogP contribution in [0.25, 0.3) is 11.1 Å². The summed E-state index contributed by atoms with van der Waals surface area (Å²) in [6.07, 6.45) is 0. The number of hydrogen-bond donors (Lipinski definition) is 6. The molecule has 2 aromatic carbocycles. The molecule has 0 aliphatic carbocycles. The smallest absolute Gasteiger partial charge is 0.359 e. The first-order valence-corrected chi connectivity index (χ1v) is 8.46. The van der Waals surface area contributed by atoms with Crippen LogP contribution in [0.2, 0.25) is 0 Å². The first-order chi connectivity index (χ1) is 9.70. The molecule has 0 bridgehead atoms. The van der Waals surface area contributed by atoms with Crippen molar-refractivity contribution in [3.8, 4) is 22.6 Å². The van der Waals surface area contributed by atoms with Gasteiger partial charge in [0.2, 0.25) is 8.38 Å². The van der Waals surface area contributed by atoms with Gasteiger partial charge in [0, 0.05) is 0 Å². The molecule has 0 radical (unpaired) electrons. The zero-order valence-electron chi connectivity index (χ0n) is 10.5. The van der Waals surface area contributed by atoms with Crippen LogP contribution in [0.3, 0.4) is 0 Å². The molecule has 0 aromatic heterocycles. The minimum absolute atomic E-state index is 0.0756. The Labute approximate surface area is 120 Å². The predicted octanol–water partition coefficient (Wildman–Crippen LogP) is 0.490. The Balaban J connectivity index is 2.58. The summed E-state index contributed by atoms with van der Waals surface area (Å²) in [5.41, 5.74) is 0.761. The van der Waals surface area contributed by atoms with Gasteiger partial charge in [-0.05, 0) is 35.4 Å². The minimum atomic E-state index is -4.64. The number of phenolic OH excluding ortho intramolecular Hbond substituents is 2. The third-order valence-electron chi connectivity index (χ3n) is 2.81. The van der Waals surface area contributed by atoms with E-state index in [1.807, 2.05) is 0 Å². The molecular formula is C12H12O7P2. The van der Waals surface area contributed by atoms with Crippen molar-refractivity contribution >= 4 is 26.6 Å². The van der Waals surface area contributed by atoms with Crippen molar-refractivity contribution in [1.82, 2.24) is 0 Å². The Morgan fingerprint density at radius 3 is 1.90 bits per heavy atom. The third-order valence-corrected chi connectivity index (χ3v) is 4.59. The highest BCUT2D eigenvalue weighted by molar-refractivity contribution is 7.60. The predicted molar refractivity (Wildman–Crippen MR) is 77.9 cm³/mol. The van der Waals surface area contributed by atoms with Crippen LogP contribution in [0, 0.1) is 0 Å². The number of aromatic hydroxyl groups is 2. The van der Waals surface area contributed by atoms with E-state index < -0.39 is 27.0 Å². The topological polar surface area (TPSA) is 138 Å². The molecule has 0 saturated carbocycles. The maximum absolute atomic E-state index is 11.3. The quantitative estimate of drug-likeness (QED) is 0.450. The zero-order valence-corrected chi connectivity index (χ0v) is 12.2. The highest BCUT2D eigenvalue weighted by Gasteiger charge is 2.22. The lowest BCUT2D eigenvalue weighted by Crippen LogP contribution is -2.06. The number of benzene rings is 2. The second-order valence-electron chi connectivity index (χ2n) is 4.24. The van der Waals surface area contributed by atoms with E-state index >= 15 is 0 Å². The molecule has 112 valence electrons. The van der Waals surface area contributed by atoms with Crippen molar-refractivity contribution in [2.24, 2.45) is 0 Å². The van der Waals surface area contributed by atoms with Crippen molar-refractivity contribution in [3.63, 3.8) is 0 Å². The van der Waals surface area contributed by atoms with Gasteiger partial charge < -0.3 is 29.8 Å². The highest BCUT2D eigenvalue weighted by Crippen LogP contribution is 2.39. The maximum Gasteiger partial charge on any atom is 0.359 e. The van der Waals surface area contributed by atoms with E-state index in [1.54, 1.807) is 0 Å². The largest absolute Gasteiger partial charge is 0.507 e. The van der Waals surface area contributed by atoms with Gasteiger partial charge >= 0.3 is 7.60 Å². The first-order valence-electron chi connectivity index (χ1n) is 5.60. The average molecular weight is 330 g/mol. The molecule has 0 fully saturated rings. The molecule has 0 spiro atoms. The van der Waals surface area contributed by atoms with Gasteiger partial charge in [0.15, 0.2) is 0 Å². The molecule has 6 N–H and O–H groups in total. The van der Waals surface area contributed by atoms with Gasteiger partial charge in [0.25, 0.3) is 0 Å². The Hall–Kier alpha value is -1.46. The van der Waals surface area contributed by atoms with Crippen molar-refractivity contribution in [2.45, 2.75) is 0 Å². The van der Waals surface area contributed by atoms with Crippen LogP contribution in [-0.4, -0.2) is 29.8 Å². The summed E-state index contributed by atoms with van der Waals surface area (Å²) in [6.45, 7) is 0. The van der Waals surface area contributed by atoms with Gasteiger partial charge in [0.05, 0.1) is 5.30 Å². The van der Waals surface area contributed by atoms with Crippen molar-refractivity contribution < 1.29 is 34.4 Å². The van der Waals surface area contributed by atoms with E-state index in [4.69, 9.17) is 9.79 Å². The molecular weight excluding hydrogens is 318 g/mol. The van der Waals surface area contributed by atoms with E-state index in [1.165, 1.54) is 24.3 Å². The van der Waals surface area contributed by atoms with Crippen LogP contribution >= 0.6 is 16.0 Å². The lowest BCUT2D eigenvalue weighted by atomic mass is 10.1. The number of phenols is 2. The lowest BCUT2D eigenvalue weighted by Gasteiger charge is -2.11. The Morgan fingerprint density at radius 1 is 0.857 bits per heavy atom. The molecule has 2 rings (SSSR count). The fraction of sp³-hybridized carbons (Fsp3) is 0. The van der Waals surface area contributed by atoms with E-state index in [-0.39, 0.29) is 11.1 Å². The summed E-state index contributed by atoms with van der Waals surface area (Å²) < 4.78 is 11.3. The van der Waals surface area contributed by atoms with Crippen LogP contribution in [-0.2, 0) is 4.57 Å². The van der Waals surface area contributed by atoms with Crippen LogP contribution in [0.1, 0.15) is 0 Å². The summed E-state index contributed by atoms with van der Waals surface area (Å²) in [6, 6.07) is 7.67. The van der Waals surface area contributed by atoms with Gasteiger partial charge in [-0.1, -0.05) is 12.1 Å². The normalized spacial score (nSPS) is 11.9. The zero-order chi connectivity index (χ0) is 15.8. The molecule has 0 heterocycles. The van der Waals surface area contributed by atoms with Crippen molar-refractivity contribution in [1.29, 1.82) is 0 Å². The van der Waals surface area contributed by atoms with Crippen molar-refractivity contribution in [2.75, 3.05) is 0 Å². The number of rotatable bonds is 3. The van der Waals surface area contributed by atoms with Gasteiger partial charge in [-0.2, -0.15) is 0 Å². The summed E-state index contributed by atoms with van der Waals surface area (Å²) in [5.74, 6) is -0.818. The summed E-state index contributed by atoms with van der Waals surface area (Å²) in [5, 5.41) is 18.4. The van der Waals surface area contributed by atoms with E-state index in [2.05, 4.69) is 0 Å². The first kappa shape index (κ1) is 15.9. The second kappa shape index (κ2) is 5.73. The minimum Gasteiger partial charge on any atom is -0.507 e. The van der Waals surface area contributed by atoms with Gasteiger partial charge in [0.1, 0.15) is 16.8 Å². The second-order valence-corrected chi connectivity index (χ2v) is 6.87. The van der Waals surface area contributed by atoms with Gasteiger partial charge in [-0.15, -0.1) is 0 Å². The number of hydrogen-bond acceptors (Lipinski definition) is 5. The van der Waals surface area contributed by atoms with E-state index in [9.17, 15) is 24.6 Å². The van der Waals surface area contributed by atoms with Gasteiger partial charge in [-0.3, -0.25) is 4.57 Å². The fourth-order valence-electron chi connectivity index (χ4n) is 1.80. The molecule has 7 nitrogen and oxygen atoms in total. The standard InChI is InChI=1S/C12H12O7P2/c13-9-3-1-7(5-11(9)20(15)16)8-2-4-10(14)12(6-8)21(17,18)19/h1-6,13-16H,(H2,17,18,19).